The molecule has 1 fully saturated rings. The fraction of sp³-hybridized carbons (Fsp3) is 0.333. The smallest absolute Gasteiger partial charge is 0.407 e. The molecule has 12 heteroatoms. The minimum absolute atomic E-state index is 0. The molecule has 1 aromatic heterocycles. The third-order valence-electron chi connectivity index (χ3n) is 4.83. The van der Waals surface area contributed by atoms with Crippen LogP contribution in [0.3, 0.4) is 0 Å². The normalized spacial score (nSPS) is 15.9. The number of halogens is 1. The van der Waals surface area contributed by atoms with Gasteiger partial charge >= 0.3 is 12.1 Å². The quantitative estimate of drug-likeness (QED) is 0.458. The van der Waals surface area contributed by atoms with E-state index in [1.807, 2.05) is 0 Å². The van der Waals surface area contributed by atoms with Gasteiger partial charge in [-0.2, -0.15) is 4.72 Å². The molecule has 9 nitrogen and oxygen atoms in total. The van der Waals surface area contributed by atoms with E-state index in [0.717, 1.165) is 16.9 Å². The van der Waals surface area contributed by atoms with Gasteiger partial charge < -0.3 is 20.2 Å². The number of hydrogen-bond donors (Lipinski definition) is 4. The van der Waals surface area contributed by atoms with Gasteiger partial charge in [0.2, 0.25) is 0 Å². The van der Waals surface area contributed by atoms with Crippen LogP contribution in [-0.2, 0) is 14.8 Å². The van der Waals surface area contributed by atoms with E-state index in [2.05, 4.69) is 4.72 Å². The molecule has 1 aromatic carbocycles. The first-order chi connectivity index (χ1) is 13.7. The number of hydrogen-bond acceptors (Lipinski definition) is 6. The van der Waals surface area contributed by atoms with Gasteiger partial charge in [-0.1, -0.05) is 0 Å². The van der Waals surface area contributed by atoms with E-state index in [1.54, 1.807) is 18.2 Å². The van der Waals surface area contributed by atoms with Crippen LogP contribution in [0.1, 0.15) is 12.8 Å². The number of likely N-dealkylation sites (tertiary alicyclic amines) is 1. The molecule has 30 heavy (non-hydrogen) atoms. The minimum atomic E-state index is -4.07. The summed E-state index contributed by atoms with van der Waals surface area (Å²) in [6.07, 6.45) is -0.555. The standard InChI is InChI=1S/C18H20N2O7S2.BrH/c21-13-3-1-11(2-4-13)14-5-6-15(28-14)29(26,27)19-16(17(22)23)12-7-9-20(10-8-12)18(24)25;/h1-6,12,16,19,21H,7-10H2,(H,22,23)(H,24,25);1H/t16-;/m1./s1. The van der Waals surface area contributed by atoms with Crippen molar-refractivity contribution in [2.75, 3.05) is 13.1 Å². The molecule has 1 amide bonds. The molecular formula is C18H21BrN2O7S2. The average molecular weight is 521 g/mol. The maximum atomic E-state index is 12.8. The van der Waals surface area contributed by atoms with Crippen molar-refractivity contribution in [1.82, 2.24) is 9.62 Å². The zero-order valence-corrected chi connectivity index (χ0v) is 18.9. The fourth-order valence-electron chi connectivity index (χ4n) is 3.24. The Morgan fingerprint density at radius 1 is 1.07 bits per heavy atom. The van der Waals surface area contributed by atoms with Gasteiger partial charge in [0.25, 0.3) is 10.0 Å². The molecule has 0 bridgehead atoms. The number of nitrogens with zero attached hydrogens (tertiary/aromatic N) is 1. The van der Waals surface area contributed by atoms with Crippen LogP contribution in [-0.4, -0.2) is 59.8 Å². The number of phenolic OH excluding ortho intramolecular Hbond substituents is 1. The van der Waals surface area contributed by atoms with Gasteiger partial charge in [0, 0.05) is 18.0 Å². The molecule has 1 aliphatic rings. The van der Waals surface area contributed by atoms with Gasteiger partial charge in [-0.3, -0.25) is 4.79 Å². The lowest BCUT2D eigenvalue weighted by Crippen LogP contribution is -2.50. The molecule has 0 saturated carbocycles. The Bertz CT molecular complexity index is 1000. The van der Waals surface area contributed by atoms with Crippen molar-refractivity contribution < 1.29 is 33.3 Å². The first-order valence-corrected chi connectivity index (χ1v) is 11.1. The van der Waals surface area contributed by atoms with Crippen LogP contribution < -0.4 is 4.72 Å². The largest absolute Gasteiger partial charge is 0.508 e. The monoisotopic (exact) mass is 520 g/mol. The van der Waals surface area contributed by atoms with E-state index in [9.17, 15) is 28.2 Å². The van der Waals surface area contributed by atoms with Crippen LogP contribution in [0.2, 0.25) is 0 Å². The predicted molar refractivity (Wildman–Crippen MR) is 116 cm³/mol. The maximum Gasteiger partial charge on any atom is 0.407 e. The van der Waals surface area contributed by atoms with E-state index in [4.69, 9.17) is 5.11 Å². The highest BCUT2D eigenvalue weighted by Crippen LogP contribution is 2.32. The number of nitrogens with one attached hydrogen (secondary N) is 1. The molecule has 1 saturated heterocycles. The maximum absolute atomic E-state index is 12.8. The van der Waals surface area contributed by atoms with E-state index >= 15 is 0 Å². The third kappa shape index (κ3) is 5.50. The van der Waals surface area contributed by atoms with Gasteiger partial charge in [-0.05, 0) is 60.7 Å². The Morgan fingerprint density at radius 2 is 1.67 bits per heavy atom. The number of sulfonamides is 1. The summed E-state index contributed by atoms with van der Waals surface area (Å²) < 4.78 is 27.8. The van der Waals surface area contributed by atoms with Crippen LogP contribution in [0.4, 0.5) is 4.79 Å². The van der Waals surface area contributed by atoms with Crippen molar-refractivity contribution in [1.29, 1.82) is 0 Å². The van der Waals surface area contributed by atoms with E-state index in [0.29, 0.717) is 4.88 Å². The van der Waals surface area contributed by atoms with E-state index in [1.165, 1.54) is 23.1 Å². The van der Waals surface area contributed by atoms with E-state index in [-0.39, 0.29) is 52.9 Å². The van der Waals surface area contributed by atoms with Crippen molar-refractivity contribution in [3.05, 3.63) is 36.4 Å². The Kier molecular flexibility index (Phi) is 7.86. The number of rotatable bonds is 6. The topological polar surface area (TPSA) is 144 Å². The highest BCUT2D eigenvalue weighted by Gasteiger charge is 2.36. The second kappa shape index (κ2) is 9.77. The molecule has 0 radical (unpaired) electrons. The molecule has 3 rings (SSSR count). The molecule has 1 atom stereocenters. The average Bonchev–Trinajstić information content (AvgIpc) is 3.18. The van der Waals surface area contributed by atoms with Crippen molar-refractivity contribution in [3.8, 4) is 16.2 Å². The Hall–Kier alpha value is -2.15. The lowest BCUT2D eigenvalue weighted by molar-refractivity contribution is -0.140. The Labute approximate surface area is 187 Å². The number of aromatic hydroxyl groups is 1. The van der Waals surface area contributed by atoms with Crippen molar-refractivity contribution in [2.24, 2.45) is 5.92 Å². The van der Waals surface area contributed by atoms with E-state index < -0.39 is 34.0 Å². The molecule has 2 aromatic rings. The fourth-order valence-corrected chi connectivity index (χ4v) is 5.83. The summed E-state index contributed by atoms with van der Waals surface area (Å²) in [5.74, 6) is -1.70. The van der Waals surface area contributed by atoms with Gasteiger partial charge in [0.1, 0.15) is 16.0 Å². The third-order valence-corrected chi connectivity index (χ3v) is 7.89. The number of aliphatic carboxylic acids is 1. The molecule has 1 aliphatic heterocycles. The van der Waals surface area contributed by atoms with Crippen LogP contribution in [0.25, 0.3) is 10.4 Å². The van der Waals surface area contributed by atoms with Crippen molar-refractivity contribution in [3.63, 3.8) is 0 Å². The number of benzene rings is 1. The first kappa shape index (κ1) is 24.1. The second-order valence-corrected chi connectivity index (χ2v) is 9.73. The van der Waals surface area contributed by atoms with Crippen LogP contribution in [0.15, 0.2) is 40.6 Å². The molecule has 2 heterocycles. The first-order valence-electron chi connectivity index (χ1n) is 8.79. The number of phenols is 1. The zero-order valence-electron chi connectivity index (χ0n) is 15.6. The SMILES string of the molecule is Br.O=C(O)[C@H](NS(=O)(=O)c1ccc(-c2ccc(O)cc2)s1)C1CCN(C(=O)O)CC1. The summed E-state index contributed by atoms with van der Waals surface area (Å²) in [5, 5.41) is 27.9. The summed E-state index contributed by atoms with van der Waals surface area (Å²) in [6.45, 7) is 0.324. The van der Waals surface area contributed by atoms with Gasteiger partial charge in [0.05, 0.1) is 0 Å². The molecule has 0 spiro atoms. The molecular weight excluding hydrogens is 500 g/mol. The lowest BCUT2D eigenvalue weighted by Gasteiger charge is -2.33. The molecule has 164 valence electrons. The second-order valence-electron chi connectivity index (χ2n) is 6.71. The summed E-state index contributed by atoms with van der Waals surface area (Å²) in [5.41, 5.74) is 0.727. The number of thiophene rings is 1. The number of amides is 1. The highest BCUT2D eigenvalue weighted by atomic mass is 79.9. The molecule has 4 N–H and O–H groups in total. The van der Waals surface area contributed by atoms with Crippen LogP contribution in [0.5, 0.6) is 5.75 Å². The minimum Gasteiger partial charge on any atom is -0.508 e. The number of carbonyl (C=O) groups is 2. The number of carboxylic acids is 1. The lowest BCUT2D eigenvalue weighted by atomic mass is 9.90. The summed E-state index contributed by atoms with van der Waals surface area (Å²) in [4.78, 5) is 24.6. The number of piperidine rings is 1. The van der Waals surface area contributed by atoms with Crippen LogP contribution >= 0.6 is 28.3 Å². The van der Waals surface area contributed by atoms with Crippen molar-refractivity contribution >= 4 is 50.4 Å². The van der Waals surface area contributed by atoms with Crippen molar-refractivity contribution in [2.45, 2.75) is 23.1 Å². The summed E-state index contributed by atoms with van der Waals surface area (Å²) in [7, 11) is -4.07. The Morgan fingerprint density at radius 3 is 2.20 bits per heavy atom. The number of carboxylic acid groups (broad SMARTS) is 2. The zero-order chi connectivity index (χ0) is 21.2. The highest BCUT2D eigenvalue weighted by molar-refractivity contribution is 8.93. The predicted octanol–water partition coefficient (Wildman–Crippen LogP) is 2.82. The summed E-state index contributed by atoms with van der Waals surface area (Å²) >= 11 is 0.992. The van der Waals surface area contributed by atoms with Gasteiger partial charge in [-0.15, -0.1) is 28.3 Å². The van der Waals surface area contributed by atoms with Gasteiger partial charge in [0.15, 0.2) is 0 Å². The van der Waals surface area contributed by atoms with Crippen LogP contribution in [0, 0.1) is 5.92 Å². The van der Waals surface area contributed by atoms with Gasteiger partial charge in [-0.25, -0.2) is 13.2 Å². The summed E-state index contributed by atoms with van der Waals surface area (Å²) in [6, 6.07) is 7.97. The molecule has 0 unspecified atom stereocenters. The molecule has 0 aliphatic carbocycles. The Balaban J connectivity index is 0.00000320.